The number of aromatic nitrogens is 3. The van der Waals surface area contributed by atoms with Gasteiger partial charge in [0.05, 0.1) is 4.88 Å². The van der Waals surface area contributed by atoms with Crippen LogP contribution in [0.1, 0.15) is 42.7 Å². The number of aryl methyl sites for hydroxylation is 1. The second-order valence-corrected chi connectivity index (χ2v) is 10.4. The Morgan fingerprint density at radius 1 is 1.22 bits per heavy atom. The first-order valence-corrected chi connectivity index (χ1v) is 12.2. The van der Waals surface area contributed by atoms with E-state index in [2.05, 4.69) is 50.7 Å². The van der Waals surface area contributed by atoms with Crippen molar-refractivity contribution in [1.82, 2.24) is 20.3 Å². The minimum absolute atomic E-state index is 0.237. The van der Waals surface area contributed by atoms with Gasteiger partial charge in [-0.3, -0.25) is 0 Å². The molecule has 3 fully saturated rings. The van der Waals surface area contributed by atoms with Crippen molar-refractivity contribution in [2.75, 3.05) is 11.9 Å². The van der Waals surface area contributed by atoms with Crippen molar-refractivity contribution in [1.29, 1.82) is 0 Å². The molecule has 2 aromatic heterocycles. The fourth-order valence-corrected chi connectivity index (χ4v) is 6.08. The first kappa shape index (κ1) is 20.1. The van der Waals surface area contributed by atoms with Crippen LogP contribution in [0, 0.1) is 12.8 Å². The molecule has 8 heteroatoms. The minimum Gasteiger partial charge on any atom is -0.474 e. The third kappa shape index (κ3) is 3.76. The summed E-state index contributed by atoms with van der Waals surface area (Å²) < 4.78 is 6.19. The second kappa shape index (κ2) is 7.79. The van der Waals surface area contributed by atoms with E-state index in [1.54, 1.807) is 17.5 Å². The van der Waals surface area contributed by atoms with Gasteiger partial charge in [0.2, 0.25) is 11.8 Å². The van der Waals surface area contributed by atoms with Crippen LogP contribution in [-0.4, -0.2) is 38.7 Å². The Morgan fingerprint density at radius 2 is 2.12 bits per heavy atom. The molecular weight excluding hydrogens is 422 g/mol. The highest BCUT2D eigenvalue weighted by molar-refractivity contribution is 7.15. The van der Waals surface area contributed by atoms with Gasteiger partial charge in [-0.05, 0) is 62.3 Å². The average molecular weight is 450 g/mol. The van der Waals surface area contributed by atoms with Crippen LogP contribution < -0.4 is 15.4 Å². The molecule has 0 amide bonds. The highest BCUT2D eigenvalue weighted by Crippen LogP contribution is 2.44. The predicted octanol–water partition coefficient (Wildman–Crippen LogP) is 4.15. The highest BCUT2D eigenvalue weighted by Gasteiger charge is 2.41. The fourth-order valence-electron chi connectivity index (χ4n) is 5.03. The van der Waals surface area contributed by atoms with Gasteiger partial charge >= 0.3 is 0 Å². The van der Waals surface area contributed by atoms with Crippen LogP contribution >= 0.6 is 11.3 Å². The molecule has 166 valence electrons. The largest absolute Gasteiger partial charge is 0.474 e. The summed E-state index contributed by atoms with van der Waals surface area (Å²) in [7, 11) is 0. The molecule has 3 aromatic rings. The molecule has 1 aliphatic heterocycles. The molecule has 2 aliphatic carbocycles. The number of nitrogens with zero attached hydrogens (tertiary/aromatic N) is 3. The van der Waals surface area contributed by atoms with Gasteiger partial charge in [0.25, 0.3) is 0 Å². The third-order valence-electron chi connectivity index (χ3n) is 6.90. The number of fused-ring (bicyclic) bond motifs is 2. The van der Waals surface area contributed by atoms with Gasteiger partial charge in [-0.2, -0.15) is 4.98 Å². The number of rotatable bonds is 6. The summed E-state index contributed by atoms with van der Waals surface area (Å²) >= 11 is 1.57. The van der Waals surface area contributed by atoms with Crippen LogP contribution in [0.4, 0.5) is 11.6 Å². The molecule has 2 saturated carbocycles. The van der Waals surface area contributed by atoms with E-state index in [-0.39, 0.29) is 6.10 Å². The average Bonchev–Trinajstić information content (AvgIpc) is 3.49. The lowest BCUT2D eigenvalue weighted by molar-refractivity contribution is -0.0389. The van der Waals surface area contributed by atoms with Gasteiger partial charge < -0.3 is 20.5 Å². The van der Waals surface area contributed by atoms with Crippen LogP contribution in [0.5, 0.6) is 5.88 Å². The van der Waals surface area contributed by atoms with E-state index < -0.39 is 5.60 Å². The number of anilines is 2. The molecule has 3 heterocycles. The molecule has 0 unspecified atom stereocenters. The monoisotopic (exact) mass is 449 g/mol. The molecule has 1 saturated heterocycles. The first-order chi connectivity index (χ1) is 15.5. The summed E-state index contributed by atoms with van der Waals surface area (Å²) in [6.45, 7) is 3.11. The lowest BCUT2D eigenvalue weighted by atomic mass is 9.81. The number of ether oxygens (including phenoxy) is 1. The number of thiazole rings is 1. The maximum Gasteiger partial charge on any atom is 0.230 e. The van der Waals surface area contributed by atoms with Crippen molar-refractivity contribution in [3.8, 4) is 16.3 Å². The van der Waals surface area contributed by atoms with Crippen molar-refractivity contribution < 1.29 is 9.84 Å². The van der Waals surface area contributed by atoms with Crippen LogP contribution in [0.15, 0.2) is 36.7 Å². The van der Waals surface area contributed by atoms with Crippen LogP contribution in [0.25, 0.3) is 10.4 Å². The third-order valence-corrected chi connectivity index (χ3v) is 8.14. The quantitative estimate of drug-likeness (QED) is 0.521. The Labute approximate surface area is 191 Å². The standard InChI is InChI=1S/C24H27N5O2S/c1-14-7-15(20-13-27-22(32-20)24(30)4-2-5-24)9-18(8-14)28-23-25-6-3-21(29-23)31-19-11-17-10-16(19)12-26-17/h3,6-9,13,16-17,19,26,30H,2,4-5,10-12H2,1H3,(H,25,28,29)/t16-,17-,19+/m1/s1. The maximum atomic E-state index is 10.6. The van der Waals surface area contributed by atoms with E-state index in [1.165, 1.54) is 6.42 Å². The van der Waals surface area contributed by atoms with Gasteiger partial charge in [0.1, 0.15) is 16.7 Å². The number of hydrogen-bond acceptors (Lipinski definition) is 8. The Bertz CT molecular complexity index is 1140. The van der Waals surface area contributed by atoms with Crippen LogP contribution in [0.2, 0.25) is 0 Å². The SMILES string of the molecule is Cc1cc(Nc2nccc(O[C@H]3C[C@H]4C[C@@H]3CN4)n2)cc(-c2cnc(C3(O)CCC3)s2)c1. The normalized spacial score (nSPS) is 25.5. The smallest absolute Gasteiger partial charge is 0.230 e. The Hall–Kier alpha value is -2.55. The molecule has 3 aliphatic rings. The number of hydrogen-bond donors (Lipinski definition) is 3. The van der Waals surface area contributed by atoms with Crippen LogP contribution in [-0.2, 0) is 5.60 Å². The summed E-state index contributed by atoms with van der Waals surface area (Å²) in [6, 6.07) is 8.71. The van der Waals surface area contributed by atoms with Gasteiger partial charge in [-0.25, -0.2) is 9.97 Å². The molecule has 1 aromatic carbocycles. The predicted molar refractivity (Wildman–Crippen MR) is 124 cm³/mol. The number of piperidine rings is 1. The van der Waals surface area contributed by atoms with E-state index in [1.807, 2.05) is 12.3 Å². The van der Waals surface area contributed by atoms with E-state index >= 15 is 0 Å². The zero-order chi connectivity index (χ0) is 21.7. The lowest BCUT2D eigenvalue weighted by Crippen LogP contribution is -2.35. The summed E-state index contributed by atoms with van der Waals surface area (Å²) in [5.74, 6) is 1.72. The van der Waals surface area contributed by atoms with E-state index in [0.717, 1.165) is 58.9 Å². The molecule has 0 spiro atoms. The summed E-state index contributed by atoms with van der Waals surface area (Å²) in [4.78, 5) is 14.5. The lowest BCUT2D eigenvalue weighted by Gasteiger charge is -2.34. The zero-order valence-electron chi connectivity index (χ0n) is 18.0. The molecule has 3 atom stereocenters. The maximum absolute atomic E-state index is 10.6. The highest BCUT2D eigenvalue weighted by atomic mass is 32.1. The van der Waals surface area contributed by atoms with Crippen LogP contribution in [0.3, 0.4) is 0 Å². The van der Waals surface area contributed by atoms with E-state index in [9.17, 15) is 5.11 Å². The van der Waals surface area contributed by atoms with Crippen molar-refractivity contribution >= 4 is 23.0 Å². The number of aliphatic hydroxyl groups is 1. The summed E-state index contributed by atoms with van der Waals surface area (Å²) in [6.07, 6.45) is 8.75. The molecule has 0 radical (unpaired) electrons. The first-order valence-electron chi connectivity index (χ1n) is 11.3. The molecule has 3 N–H and O–H groups in total. The zero-order valence-corrected chi connectivity index (χ0v) is 18.9. The number of nitrogens with one attached hydrogen (secondary N) is 2. The molecular formula is C24H27N5O2S. The van der Waals surface area contributed by atoms with Crippen molar-refractivity contribution in [2.45, 2.75) is 56.8 Å². The van der Waals surface area contributed by atoms with Gasteiger partial charge in [0, 0.05) is 42.7 Å². The van der Waals surface area contributed by atoms with Gasteiger partial charge in [-0.1, -0.05) is 6.07 Å². The molecule has 2 bridgehead atoms. The molecule has 7 nitrogen and oxygen atoms in total. The summed E-state index contributed by atoms with van der Waals surface area (Å²) in [5, 5.41) is 18.3. The summed E-state index contributed by atoms with van der Waals surface area (Å²) in [5.41, 5.74) is 2.39. The second-order valence-electron chi connectivity index (χ2n) is 9.34. The minimum atomic E-state index is -0.725. The topological polar surface area (TPSA) is 92.2 Å². The molecule has 32 heavy (non-hydrogen) atoms. The van der Waals surface area contributed by atoms with Gasteiger partial charge in [0.15, 0.2) is 0 Å². The molecule has 6 rings (SSSR count). The Morgan fingerprint density at radius 3 is 2.88 bits per heavy atom. The van der Waals surface area contributed by atoms with Crippen molar-refractivity contribution in [3.05, 3.63) is 47.2 Å². The Kier molecular flexibility index (Phi) is 4.89. The van der Waals surface area contributed by atoms with Crippen molar-refractivity contribution in [3.63, 3.8) is 0 Å². The number of benzene rings is 1. The Balaban J connectivity index is 1.20. The van der Waals surface area contributed by atoms with E-state index in [0.29, 0.717) is 23.8 Å². The van der Waals surface area contributed by atoms with E-state index in [4.69, 9.17) is 4.74 Å². The van der Waals surface area contributed by atoms with Gasteiger partial charge in [-0.15, -0.1) is 11.3 Å². The fraction of sp³-hybridized carbons (Fsp3) is 0.458. The van der Waals surface area contributed by atoms with Crippen molar-refractivity contribution in [2.24, 2.45) is 5.92 Å².